The molecule has 0 unspecified atom stereocenters. The highest BCUT2D eigenvalue weighted by atomic mass is 127. The number of nitrogens with two attached hydrogens (primary N) is 1. The molecule has 1 aromatic rings. The Hall–Kier alpha value is 0.0400. The van der Waals surface area contributed by atoms with Gasteiger partial charge in [0.15, 0.2) is 0 Å². The van der Waals surface area contributed by atoms with E-state index in [0.29, 0.717) is 5.88 Å². The van der Waals surface area contributed by atoms with Gasteiger partial charge in [-0.1, -0.05) is 0 Å². The van der Waals surface area contributed by atoms with Crippen LogP contribution in [0.5, 0.6) is 0 Å². The number of hydrogen-bond donors (Lipinski definition) is 1. The SMILES string of the molecule is Nc1cc(I)cc(CCl)c1. The average Bonchev–Trinajstić information content (AvgIpc) is 1.85. The standard InChI is InChI=1S/C7H7ClIN/c8-4-5-1-6(9)3-7(10)2-5/h1-3H,4,10H2. The van der Waals surface area contributed by atoms with Crippen LogP contribution in [-0.2, 0) is 5.88 Å². The number of anilines is 1. The van der Waals surface area contributed by atoms with Crippen LogP contribution < -0.4 is 5.73 Å². The zero-order chi connectivity index (χ0) is 7.56. The maximum atomic E-state index is 5.61. The van der Waals surface area contributed by atoms with E-state index in [2.05, 4.69) is 22.6 Å². The van der Waals surface area contributed by atoms with Crippen LogP contribution in [0.2, 0.25) is 0 Å². The van der Waals surface area contributed by atoms with Crippen molar-refractivity contribution in [2.24, 2.45) is 0 Å². The van der Waals surface area contributed by atoms with Gasteiger partial charge >= 0.3 is 0 Å². The highest BCUT2D eigenvalue weighted by Crippen LogP contribution is 2.15. The summed E-state index contributed by atoms with van der Waals surface area (Å²) in [7, 11) is 0. The zero-order valence-corrected chi connectivity index (χ0v) is 8.19. The van der Waals surface area contributed by atoms with Crippen molar-refractivity contribution < 1.29 is 0 Å². The van der Waals surface area contributed by atoms with Gasteiger partial charge in [0.25, 0.3) is 0 Å². The van der Waals surface area contributed by atoms with E-state index in [9.17, 15) is 0 Å². The molecule has 0 fully saturated rings. The van der Waals surface area contributed by atoms with E-state index < -0.39 is 0 Å². The van der Waals surface area contributed by atoms with Crippen molar-refractivity contribution in [3.8, 4) is 0 Å². The van der Waals surface area contributed by atoms with Crippen LogP contribution in [-0.4, -0.2) is 0 Å². The molecule has 0 radical (unpaired) electrons. The molecule has 0 spiro atoms. The van der Waals surface area contributed by atoms with Crippen LogP contribution in [0.15, 0.2) is 18.2 Å². The Labute approximate surface area is 78.7 Å². The molecule has 1 nitrogen and oxygen atoms in total. The second-order valence-corrected chi connectivity index (χ2v) is 3.54. The van der Waals surface area contributed by atoms with Crippen LogP contribution >= 0.6 is 34.2 Å². The molecule has 3 heteroatoms. The molecule has 54 valence electrons. The molecule has 0 aromatic heterocycles. The van der Waals surface area contributed by atoms with Crippen LogP contribution in [0.3, 0.4) is 0 Å². The fourth-order valence-electron chi connectivity index (χ4n) is 0.753. The molecule has 0 aliphatic rings. The number of rotatable bonds is 1. The Morgan fingerprint density at radius 2 is 2.10 bits per heavy atom. The van der Waals surface area contributed by atoms with Crippen LogP contribution in [0.25, 0.3) is 0 Å². The first-order valence-corrected chi connectivity index (χ1v) is 4.44. The number of benzene rings is 1. The summed E-state index contributed by atoms with van der Waals surface area (Å²) in [6.45, 7) is 0. The summed E-state index contributed by atoms with van der Waals surface area (Å²) < 4.78 is 1.13. The normalized spacial score (nSPS) is 9.80. The molecule has 2 N–H and O–H groups in total. The van der Waals surface area contributed by atoms with Crippen molar-refractivity contribution >= 4 is 39.9 Å². The molecule has 0 amide bonds. The number of halogens is 2. The number of alkyl halides is 1. The van der Waals surface area contributed by atoms with Gasteiger partial charge in [-0.2, -0.15) is 0 Å². The van der Waals surface area contributed by atoms with Gasteiger partial charge in [-0.25, -0.2) is 0 Å². The molecule has 0 bridgehead atoms. The van der Waals surface area contributed by atoms with Crippen LogP contribution in [0.1, 0.15) is 5.56 Å². The molecule has 0 aliphatic heterocycles. The summed E-state index contributed by atoms with van der Waals surface area (Å²) in [6.07, 6.45) is 0. The molecule has 1 aromatic carbocycles. The Morgan fingerprint density at radius 3 is 2.60 bits per heavy atom. The lowest BCUT2D eigenvalue weighted by molar-refractivity contribution is 1.39. The van der Waals surface area contributed by atoms with E-state index >= 15 is 0 Å². The van der Waals surface area contributed by atoms with Crippen molar-refractivity contribution in [3.63, 3.8) is 0 Å². The molecule has 10 heavy (non-hydrogen) atoms. The molecule has 0 aliphatic carbocycles. The third-order valence-corrected chi connectivity index (χ3v) is 2.07. The Bertz CT molecular complexity index is 217. The van der Waals surface area contributed by atoms with Gasteiger partial charge in [-0.15, -0.1) is 11.6 Å². The highest BCUT2D eigenvalue weighted by molar-refractivity contribution is 14.1. The van der Waals surface area contributed by atoms with Gasteiger partial charge in [0.05, 0.1) is 0 Å². The fraction of sp³-hybridized carbons (Fsp3) is 0.143. The summed E-state index contributed by atoms with van der Waals surface area (Å²) in [5, 5.41) is 0. The van der Waals surface area contributed by atoms with Gasteiger partial charge in [-0.05, 0) is 46.4 Å². The first-order chi connectivity index (χ1) is 4.72. The molecular formula is C7H7ClIN. The van der Waals surface area contributed by atoms with Crippen molar-refractivity contribution in [3.05, 3.63) is 27.3 Å². The van der Waals surface area contributed by atoms with E-state index in [4.69, 9.17) is 17.3 Å². The molecule has 0 atom stereocenters. The summed E-state index contributed by atoms with van der Waals surface area (Å²) in [4.78, 5) is 0. The second kappa shape index (κ2) is 3.44. The fourth-order valence-corrected chi connectivity index (χ4v) is 1.67. The molecular weight excluding hydrogens is 260 g/mol. The van der Waals surface area contributed by atoms with Gasteiger partial charge in [0, 0.05) is 15.1 Å². The van der Waals surface area contributed by atoms with Gasteiger partial charge in [0.2, 0.25) is 0 Å². The van der Waals surface area contributed by atoms with Gasteiger partial charge in [0.1, 0.15) is 0 Å². The quantitative estimate of drug-likeness (QED) is 0.472. The van der Waals surface area contributed by atoms with Crippen LogP contribution in [0.4, 0.5) is 5.69 Å². The average molecular weight is 267 g/mol. The third kappa shape index (κ3) is 2.02. The second-order valence-electron chi connectivity index (χ2n) is 2.03. The zero-order valence-electron chi connectivity index (χ0n) is 5.27. The molecule has 1 rings (SSSR count). The molecule has 0 saturated heterocycles. The van der Waals surface area contributed by atoms with Crippen molar-refractivity contribution in [1.82, 2.24) is 0 Å². The maximum absolute atomic E-state index is 5.61. The van der Waals surface area contributed by atoms with Gasteiger partial charge in [-0.3, -0.25) is 0 Å². The van der Waals surface area contributed by atoms with E-state index in [1.54, 1.807) is 0 Å². The maximum Gasteiger partial charge on any atom is 0.0475 e. The molecule has 0 saturated carbocycles. The predicted octanol–water partition coefficient (Wildman–Crippen LogP) is 2.61. The lowest BCUT2D eigenvalue weighted by Gasteiger charge is -1.98. The predicted molar refractivity (Wildman–Crippen MR) is 53.1 cm³/mol. The minimum absolute atomic E-state index is 0.529. The van der Waals surface area contributed by atoms with Crippen LogP contribution in [0, 0.1) is 3.57 Å². The van der Waals surface area contributed by atoms with E-state index in [1.165, 1.54) is 0 Å². The molecule has 0 heterocycles. The third-order valence-electron chi connectivity index (χ3n) is 1.13. The van der Waals surface area contributed by atoms with E-state index in [-0.39, 0.29) is 0 Å². The first-order valence-electron chi connectivity index (χ1n) is 2.83. The lowest BCUT2D eigenvalue weighted by atomic mass is 10.2. The smallest absolute Gasteiger partial charge is 0.0475 e. The summed E-state index contributed by atoms with van der Waals surface area (Å²) in [5.74, 6) is 0.529. The van der Waals surface area contributed by atoms with Gasteiger partial charge < -0.3 is 5.73 Å². The summed E-state index contributed by atoms with van der Waals surface area (Å²) in [5.41, 5.74) is 7.43. The monoisotopic (exact) mass is 267 g/mol. The number of nitrogen functional groups attached to an aromatic ring is 1. The topological polar surface area (TPSA) is 26.0 Å². The Balaban J connectivity index is 3.06. The number of hydrogen-bond acceptors (Lipinski definition) is 1. The minimum atomic E-state index is 0.529. The minimum Gasteiger partial charge on any atom is -0.399 e. The Kier molecular flexibility index (Phi) is 2.80. The Morgan fingerprint density at radius 1 is 1.40 bits per heavy atom. The van der Waals surface area contributed by atoms with E-state index in [0.717, 1.165) is 14.8 Å². The van der Waals surface area contributed by atoms with E-state index in [1.807, 2.05) is 18.2 Å². The van der Waals surface area contributed by atoms with Crippen molar-refractivity contribution in [1.29, 1.82) is 0 Å². The van der Waals surface area contributed by atoms with Crippen molar-refractivity contribution in [2.45, 2.75) is 5.88 Å². The van der Waals surface area contributed by atoms with Crippen molar-refractivity contribution in [2.75, 3.05) is 5.73 Å². The summed E-state index contributed by atoms with van der Waals surface area (Å²) >= 11 is 7.83. The highest BCUT2D eigenvalue weighted by Gasteiger charge is 1.93. The first kappa shape index (κ1) is 8.14. The lowest BCUT2D eigenvalue weighted by Crippen LogP contribution is -1.88. The summed E-state index contributed by atoms with van der Waals surface area (Å²) in [6, 6.07) is 5.82. The largest absolute Gasteiger partial charge is 0.399 e.